The lowest BCUT2D eigenvalue weighted by atomic mass is 10.1. The van der Waals surface area contributed by atoms with Gasteiger partial charge >= 0.3 is 0 Å². The van der Waals surface area contributed by atoms with Crippen molar-refractivity contribution in [3.8, 4) is 0 Å². The molecule has 0 bridgehead atoms. The lowest BCUT2D eigenvalue weighted by Gasteiger charge is -2.14. The molecule has 0 saturated heterocycles. The van der Waals surface area contributed by atoms with Gasteiger partial charge in [-0.3, -0.25) is 4.79 Å². The maximum atomic E-state index is 11.9. The highest BCUT2D eigenvalue weighted by atomic mass is 35.5. The Morgan fingerprint density at radius 3 is 2.75 bits per heavy atom. The second-order valence-corrected chi connectivity index (χ2v) is 5.59. The summed E-state index contributed by atoms with van der Waals surface area (Å²) in [5.41, 5.74) is 1.01. The molecule has 1 N–H and O–H groups in total. The highest BCUT2D eigenvalue weighted by Gasteiger charge is 2.11. The molecule has 2 rings (SSSR count). The van der Waals surface area contributed by atoms with Crippen molar-refractivity contribution in [3.05, 3.63) is 34.9 Å². The van der Waals surface area contributed by atoms with E-state index in [1.807, 2.05) is 19.1 Å². The van der Waals surface area contributed by atoms with Crippen LogP contribution in [0, 0.1) is 0 Å². The van der Waals surface area contributed by atoms with Crippen molar-refractivity contribution >= 4 is 29.3 Å². The number of hydrogen-bond donors (Lipinski definition) is 1. The van der Waals surface area contributed by atoms with Gasteiger partial charge in [0.25, 0.3) is 0 Å². The number of nitrogens with zero attached hydrogens (tertiary/aromatic N) is 4. The van der Waals surface area contributed by atoms with E-state index in [0.717, 1.165) is 5.56 Å². The van der Waals surface area contributed by atoms with Gasteiger partial charge in [-0.25, -0.2) is 4.68 Å². The largest absolute Gasteiger partial charge is 0.349 e. The average molecular weight is 312 g/mol. The number of aromatic nitrogens is 4. The number of thioether (sulfide) groups is 1. The van der Waals surface area contributed by atoms with Crippen LogP contribution in [0.4, 0.5) is 0 Å². The first-order valence-corrected chi connectivity index (χ1v) is 7.32. The fourth-order valence-corrected chi connectivity index (χ4v) is 2.38. The van der Waals surface area contributed by atoms with Crippen LogP contribution in [0.15, 0.2) is 29.4 Å². The molecular weight excluding hydrogens is 298 g/mol. The van der Waals surface area contributed by atoms with Crippen molar-refractivity contribution in [2.24, 2.45) is 7.05 Å². The SMILES string of the molecule is C[C@@H](NC(=O)CSc1nnnn1C)c1ccc(Cl)cc1. The summed E-state index contributed by atoms with van der Waals surface area (Å²) in [7, 11) is 1.73. The molecule has 2 aromatic rings. The number of nitrogens with one attached hydrogen (secondary N) is 1. The zero-order valence-corrected chi connectivity index (χ0v) is 12.6. The minimum absolute atomic E-state index is 0.0690. The van der Waals surface area contributed by atoms with Crippen LogP contribution in [0.1, 0.15) is 18.5 Å². The lowest BCUT2D eigenvalue weighted by Crippen LogP contribution is -2.28. The molecule has 0 aliphatic carbocycles. The first-order chi connectivity index (χ1) is 9.56. The Balaban J connectivity index is 1.85. The smallest absolute Gasteiger partial charge is 0.230 e. The van der Waals surface area contributed by atoms with E-state index in [9.17, 15) is 4.79 Å². The van der Waals surface area contributed by atoms with E-state index in [-0.39, 0.29) is 17.7 Å². The molecule has 0 aliphatic heterocycles. The van der Waals surface area contributed by atoms with Crippen molar-refractivity contribution in [3.63, 3.8) is 0 Å². The molecule has 0 saturated carbocycles. The molecule has 8 heteroatoms. The number of hydrogen-bond acceptors (Lipinski definition) is 5. The Morgan fingerprint density at radius 1 is 1.45 bits per heavy atom. The Bertz CT molecular complexity index is 586. The normalized spacial score (nSPS) is 12.2. The van der Waals surface area contributed by atoms with E-state index in [0.29, 0.717) is 10.2 Å². The second kappa shape index (κ2) is 6.71. The number of aryl methyl sites for hydroxylation is 1. The third-order valence-corrected chi connectivity index (χ3v) is 3.92. The van der Waals surface area contributed by atoms with Crippen LogP contribution in [0.5, 0.6) is 0 Å². The Kier molecular flexibility index (Phi) is 4.97. The fraction of sp³-hybridized carbons (Fsp3) is 0.333. The van der Waals surface area contributed by atoms with Crippen molar-refractivity contribution in [2.75, 3.05) is 5.75 Å². The summed E-state index contributed by atoms with van der Waals surface area (Å²) < 4.78 is 1.53. The molecule has 1 aromatic carbocycles. The molecule has 1 aromatic heterocycles. The monoisotopic (exact) mass is 311 g/mol. The molecule has 1 amide bonds. The van der Waals surface area contributed by atoms with Gasteiger partial charge in [-0.2, -0.15) is 0 Å². The van der Waals surface area contributed by atoms with Crippen LogP contribution in [-0.2, 0) is 11.8 Å². The molecule has 0 fully saturated rings. The van der Waals surface area contributed by atoms with E-state index < -0.39 is 0 Å². The Hall–Kier alpha value is -1.60. The van der Waals surface area contributed by atoms with E-state index in [1.54, 1.807) is 19.2 Å². The minimum Gasteiger partial charge on any atom is -0.349 e. The van der Waals surface area contributed by atoms with Gasteiger partial charge in [-0.05, 0) is 35.0 Å². The maximum Gasteiger partial charge on any atom is 0.230 e. The molecule has 0 aliphatic rings. The zero-order valence-electron chi connectivity index (χ0n) is 11.1. The quantitative estimate of drug-likeness (QED) is 0.853. The van der Waals surface area contributed by atoms with Crippen LogP contribution in [0.3, 0.4) is 0 Å². The summed E-state index contributed by atoms with van der Waals surface area (Å²) in [6.45, 7) is 1.93. The lowest BCUT2D eigenvalue weighted by molar-refractivity contribution is -0.119. The van der Waals surface area contributed by atoms with E-state index in [2.05, 4.69) is 20.8 Å². The third-order valence-electron chi connectivity index (χ3n) is 2.66. The first-order valence-electron chi connectivity index (χ1n) is 5.96. The van der Waals surface area contributed by atoms with Crippen molar-refractivity contribution in [2.45, 2.75) is 18.1 Å². The Morgan fingerprint density at radius 2 is 2.15 bits per heavy atom. The first kappa shape index (κ1) is 14.8. The summed E-state index contributed by atoms with van der Waals surface area (Å²) in [5.74, 6) is 0.201. The summed E-state index contributed by atoms with van der Waals surface area (Å²) in [4.78, 5) is 11.9. The van der Waals surface area contributed by atoms with Crippen LogP contribution in [0.2, 0.25) is 5.02 Å². The number of amides is 1. The van der Waals surface area contributed by atoms with E-state index in [4.69, 9.17) is 11.6 Å². The summed E-state index contributed by atoms with van der Waals surface area (Å²) in [6.07, 6.45) is 0. The van der Waals surface area contributed by atoms with Gasteiger partial charge in [0.15, 0.2) is 0 Å². The molecular formula is C12H14ClN5OS. The zero-order chi connectivity index (χ0) is 14.5. The number of benzene rings is 1. The third kappa shape index (κ3) is 3.94. The number of carbonyl (C=O) groups excluding carboxylic acids is 1. The van der Waals surface area contributed by atoms with Gasteiger partial charge in [0.1, 0.15) is 0 Å². The predicted octanol–water partition coefficient (Wildman–Crippen LogP) is 1.83. The minimum atomic E-state index is -0.0713. The topological polar surface area (TPSA) is 72.7 Å². The summed E-state index contributed by atoms with van der Waals surface area (Å²) in [6, 6.07) is 7.33. The second-order valence-electron chi connectivity index (χ2n) is 4.21. The molecule has 0 spiro atoms. The van der Waals surface area contributed by atoms with Gasteiger partial charge in [0.05, 0.1) is 11.8 Å². The van der Waals surface area contributed by atoms with Gasteiger partial charge in [0, 0.05) is 12.1 Å². The summed E-state index contributed by atoms with van der Waals surface area (Å²) >= 11 is 7.13. The van der Waals surface area contributed by atoms with Crippen LogP contribution >= 0.6 is 23.4 Å². The number of halogens is 1. The highest BCUT2D eigenvalue weighted by Crippen LogP contribution is 2.17. The van der Waals surface area contributed by atoms with Crippen molar-refractivity contribution in [1.29, 1.82) is 0 Å². The van der Waals surface area contributed by atoms with Crippen LogP contribution < -0.4 is 5.32 Å². The average Bonchev–Trinajstić information content (AvgIpc) is 2.82. The molecule has 1 atom stereocenters. The van der Waals surface area contributed by atoms with E-state index in [1.165, 1.54) is 16.4 Å². The highest BCUT2D eigenvalue weighted by molar-refractivity contribution is 7.99. The molecule has 1 heterocycles. The van der Waals surface area contributed by atoms with Gasteiger partial charge < -0.3 is 5.32 Å². The fourth-order valence-electron chi connectivity index (χ4n) is 1.59. The number of tetrazole rings is 1. The van der Waals surface area contributed by atoms with Gasteiger partial charge in [-0.1, -0.05) is 35.5 Å². The van der Waals surface area contributed by atoms with Crippen LogP contribution in [0.25, 0.3) is 0 Å². The van der Waals surface area contributed by atoms with E-state index >= 15 is 0 Å². The predicted molar refractivity (Wildman–Crippen MR) is 77.5 cm³/mol. The standard InChI is InChI=1S/C12H14ClN5OS/c1-8(9-3-5-10(13)6-4-9)14-11(19)7-20-12-15-16-17-18(12)2/h3-6,8H,7H2,1-2H3,(H,14,19)/t8-/m1/s1. The van der Waals surface area contributed by atoms with Gasteiger partial charge in [-0.15, -0.1) is 5.10 Å². The number of rotatable bonds is 5. The molecule has 20 heavy (non-hydrogen) atoms. The van der Waals surface area contributed by atoms with Crippen molar-refractivity contribution in [1.82, 2.24) is 25.5 Å². The van der Waals surface area contributed by atoms with Crippen molar-refractivity contribution < 1.29 is 4.79 Å². The Labute approximate surface area is 125 Å². The maximum absolute atomic E-state index is 11.9. The van der Waals surface area contributed by atoms with Crippen LogP contribution in [-0.4, -0.2) is 31.9 Å². The molecule has 106 valence electrons. The molecule has 6 nitrogen and oxygen atoms in total. The van der Waals surface area contributed by atoms with Gasteiger partial charge in [0.2, 0.25) is 11.1 Å². The summed E-state index contributed by atoms with van der Waals surface area (Å²) in [5, 5.41) is 15.2. The molecule has 0 radical (unpaired) electrons. The number of carbonyl (C=O) groups is 1. The molecule has 0 unspecified atom stereocenters.